The van der Waals surface area contributed by atoms with Crippen LogP contribution in [0.4, 0.5) is 4.39 Å². The van der Waals surface area contributed by atoms with Gasteiger partial charge in [-0.1, -0.05) is 15.9 Å². The Hall–Kier alpha value is -0.940. The van der Waals surface area contributed by atoms with Crippen molar-refractivity contribution in [3.63, 3.8) is 0 Å². The van der Waals surface area contributed by atoms with E-state index in [2.05, 4.69) is 20.9 Å². The molecule has 0 atom stereocenters. The largest absolute Gasteiger partial charge is 0.483 e. The highest BCUT2D eigenvalue weighted by Crippen LogP contribution is 2.24. The molecule has 2 nitrogen and oxygen atoms in total. The SMILES string of the molecule is Cc1nc(COc2cc(Br)ccc2F)sc1C. The lowest BCUT2D eigenvalue weighted by molar-refractivity contribution is 0.289. The summed E-state index contributed by atoms with van der Waals surface area (Å²) in [4.78, 5) is 5.50. The van der Waals surface area contributed by atoms with Crippen molar-refractivity contribution < 1.29 is 9.13 Å². The molecule has 0 radical (unpaired) electrons. The number of hydrogen-bond donors (Lipinski definition) is 0. The fourth-order valence-corrected chi connectivity index (χ4v) is 2.52. The molecule has 0 aliphatic carbocycles. The first-order valence-corrected chi connectivity index (χ1v) is 6.68. The van der Waals surface area contributed by atoms with Gasteiger partial charge < -0.3 is 4.74 Å². The summed E-state index contributed by atoms with van der Waals surface area (Å²) in [6.45, 7) is 4.26. The Balaban J connectivity index is 2.09. The highest BCUT2D eigenvalue weighted by atomic mass is 79.9. The average Bonchev–Trinajstić information content (AvgIpc) is 2.60. The Morgan fingerprint density at radius 2 is 2.18 bits per heavy atom. The van der Waals surface area contributed by atoms with Crippen molar-refractivity contribution in [3.05, 3.63) is 44.1 Å². The highest BCUT2D eigenvalue weighted by molar-refractivity contribution is 9.10. The molecule has 0 aliphatic heterocycles. The van der Waals surface area contributed by atoms with Crippen molar-refractivity contribution in [1.29, 1.82) is 0 Å². The van der Waals surface area contributed by atoms with Gasteiger partial charge in [-0.2, -0.15) is 0 Å². The van der Waals surface area contributed by atoms with E-state index in [1.54, 1.807) is 23.5 Å². The van der Waals surface area contributed by atoms with E-state index in [0.29, 0.717) is 6.61 Å². The number of aromatic nitrogens is 1. The van der Waals surface area contributed by atoms with E-state index < -0.39 is 0 Å². The summed E-state index contributed by atoms with van der Waals surface area (Å²) in [5, 5.41) is 0.861. The van der Waals surface area contributed by atoms with Gasteiger partial charge in [0.2, 0.25) is 0 Å². The lowest BCUT2D eigenvalue weighted by atomic mass is 10.3. The Kier molecular flexibility index (Phi) is 3.79. The van der Waals surface area contributed by atoms with Gasteiger partial charge in [-0.25, -0.2) is 9.37 Å². The maximum absolute atomic E-state index is 13.4. The van der Waals surface area contributed by atoms with Crippen LogP contribution in [0.25, 0.3) is 0 Å². The van der Waals surface area contributed by atoms with Gasteiger partial charge >= 0.3 is 0 Å². The fraction of sp³-hybridized carbons (Fsp3) is 0.250. The summed E-state index contributed by atoms with van der Waals surface area (Å²) in [6.07, 6.45) is 0. The minimum absolute atomic E-state index is 0.241. The van der Waals surface area contributed by atoms with E-state index in [1.807, 2.05) is 13.8 Å². The fourth-order valence-electron chi connectivity index (χ4n) is 1.33. The van der Waals surface area contributed by atoms with E-state index in [4.69, 9.17) is 4.74 Å². The van der Waals surface area contributed by atoms with Crippen LogP contribution in [0.1, 0.15) is 15.6 Å². The summed E-state index contributed by atoms with van der Waals surface area (Å²) in [6, 6.07) is 4.63. The van der Waals surface area contributed by atoms with Crippen LogP contribution in [0.2, 0.25) is 0 Å². The Bertz CT molecular complexity index is 522. The molecular formula is C12H11BrFNOS. The molecule has 0 unspecified atom stereocenters. The zero-order valence-electron chi connectivity index (χ0n) is 9.46. The Labute approximate surface area is 112 Å². The Morgan fingerprint density at radius 3 is 2.82 bits per heavy atom. The third-order valence-electron chi connectivity index (χ3n) is 2.32. The van der Waals surface area contributed by atoms with E-state index >= 15 is 0 Å². The first kappa shape index (κ1) is 12.5. The smallest absolute Gasteiger partial charge is 0.165 e. The molecule has 0 aliphatic rings. The highest BCUT2D eigenvalue weighted by Gasteiger charge is 2.07. The number of nitrogens with zero attached hydrogens (tertiary/aromatic N) is 1. The predicted octanol–water partition coefficient (Wildman–Crippen LogP) is 4.24. The summed E-state index contributed by atoms with van der Waals surface area (Å²) in [7, 11) is 0. The molecule has 1 aromatic carbocycles. The molecule has 0 amide bonds. The van der Waals surface area contributed by atoms with Gasteiger partial charge in [0, 0.05) is 9.35 Å². The molecule has 0 bridgehead atoms. The van der Waals surface area contributed by atoms with Crippen LogP contribution in [0.15, 0.2) is 22.7 Å². The van der Waals surface area contributed by atoms with Gasteiger partial charge in [-0.3, -0.25) is 0 Å². The number of halogens is 2. The number of rotatable bonds is 3. The second-order valence-corrected chi connectivity index (χ2v) is 5.82. The lowest BCUT2D eigenvalue weighted by Gasteiger charge is -2.05. The number of ether oxygens (including phenoxy) is 1. The molecule has 90 valence electrons. The minimum Gasteiger partial charge on any atom is -0.483 e. The van der Waals surface area contributed by atoms with Gasteiger partial charge in [0.1, 0.15) is 11.6 Å². The van der Waals surface area contributed by atoms with Crippen LogP contribution in [0.3, 0.4) is 0 Å². The number of hydrogen-bond acceptors (Lipinski definition) is 3. The predicted molar refractivity (Wildman–Crippen MR) is 70.0 cm³/mol. The topological polar surface area (TPSA) is 22.1 Å². The molecule has 0 fully saturated rings. The van der Waals surface area contributed by atoms with E-state index in [0.717, 1.165) is 15.2 Å². The molecule has 1 heterocycles. The maximum atomic E-state index is 13.4. The molecule has 1 aromatic heterocycles. The van der Waals surface area contributed by atoms with Crippen molar-refractivity contribution in [1.82, 2.24) is 4.98 Å². The second-order valence-electron chi connectivity index (χ2n) is 3.61. The van der Waals surface area contributed by atoms with Crippen LogP contribution >= 0.6 is 27.3 Å². The summed E-state index contributed by atoms with van der Waals surface area (Å²) in [5.41, 5.74) is 1.00. The van der Waals surface area contributed by atoms with Gasteiger partial charge in [0.05, 0.1) is 5.69 Å². The van der Waals surface area contributed by atoms with E-state index in [9.17, 15) is 4.39 Å². The second kappa shape index (κ2) is 5.14. The standard InChI is InChI=1S/C12H11BrFNOS/c1-7-8(2)17-12(15-7)6-16-11-5-9(13)3-4-10(11)14/h3-5H,6H2,1-2H3. The first-order chi connectivity index (χ1) is 8.06. The zero-order valence-corrected chi connectivity index (χ0v) is 11.9. The minimum atomic E-state index is -0.363. The van der Waals surface area contributed by atoms with E-state index in [1.165, 1.54) is 10.9 Å². The first-order valence-electron chi connectivity index (χ1n) is 5.07. The molecular weight excluding hydrogens is 305 g/mol. The van der Waals surface area contributed by atoms with Gasteiger partial charge in [0.15, 0.2) is 11.6 Å². The lowest BCUT2D eigenvalue weighted by Crippen LogP contribution is -1.97. The number of thiazole rings is 1. The normalized spacial score (nSPS) is 10.6. The van der Waals surface area contributed by atoms with Gasteiger partial charge in [0.25, 0.3) is 0 Å². The van der Waals surface area contributed by atoms with Crippen molar-refractivity contribution >= 4 is 27.3 Å². The molecule has 0 spiro atoms. The summed E-state index contributed by atoms with van der Waals surface area (Å²) < 4.78 is 19.6. The van der Waals surface area contributed by atoms with Crippen LogP contribution < -0.4 is 4.74 Å². The number of aryl methyl sites for hydroxylation is 2. The molecule has 17 heavy (non-hydrogen) atoms. The third-order valence-corrected chi connectivity index (χ3v) is 3.86. The monoisotopic (exact) mass is 315 g/mol. The zero-order chi connectivity index (χ0) is 12.4. The molecule has 5 heteroatoms. The van der Waals surface area contributed by atoms with Gasteiger partial charge in [-0.05, 0) is 32.0 Å². The molecule has 2 rings (SSSR count). The van der Waals surface area contributed by atoms with Crippen molar-refractivity contribution in [2.45, 2.75) is 20.5 Å². The van der Waals surface area contributed by atoms with Crippen LogP contribution in [-0.4, -0.2) is 4.98 Å². The van der Waals surface area contributed by atoms with Gasteiger partial charge in [-0.15, -0.1) is 11.3 Å². The summed E-state index contributed by atoms with van der Waals surface area (Å²) in [5.74, 6) is -0.122. The Morgan fingerprint density at radius 1 is 1.41 bits per heavy atom. The van der Waals surface area contributed by atoms with Crippen LogP contribution in [-0.2, 0) is 6.61 Å². The molecule has 2 aromatic rings. The maximum Gasteiger partial charge on any atom is 0.165 e. The molecule has 0 N–H and O–H groups in total. The molecule has 0 saturated carbocycles. The molecule has 0 saturated heterocycles. The number of benzene rings is 1. The summed E-state index contributed by atoms with van der Waals surface area (Å²) >= 11 is 4.85. The quantitative estimate of drug-likeness (QED) is 0.845. The van der Waals surface area contributed by atoms with Crippen LogP contribution in [0.5, 0.6) is 5.75 Å². The van der Waals surface area contributed by atoms with Crippen molar-refractivity contribution in [2.75, 3.05) is 0 Å². The third kappa shape index (κ3) is 3.04. The van der Waals surface area contributed by atoms with E-state index in [-0.39, 0.29) is 11.6 Å². The van der Waals surface area contributed by atoms with Crippen LogP contribution in [0, 0.1) is 19.7 Å². The average molecular weight is 316 g/mol. The van der Waals surface area contributed by atoms with Crippen molar-refractivity contribution in [3.8, 4) is 5.75 Å². The van der Waals surface area contributed by atoms with Crippen molar-refractivity contribution in [2.24, 2.45) is 0 Å².